The van der Waals surface area contributed by atoms with E-state index >= 15 is 0 Å². The van der Waals surface area contributed by atoms with E-state index in [4.69, 9.17) is 4.43 Å². The molecule has 0 aliphatic carbocycles. The van der Waals surface area contributed by atoms with Crippen LogP contribution in [-0.2, 0) is 4.43 Å². The molecule has 0 aromatic rings. The second-order valence-corrected chi connectivity index (χ2v) is 11.2. The molecule has 0 rings (SSSR count). The molecule has 0 bridgehead atoms. The fourth-order valence-corrected chi connectivity index (χ4v) is 5.60. The molecule has 0 amide bonds. The van der Waals surface area contributed by atoms with Crippen molar-refractivity contribution in [2.24, 2.45) is 0 Å². The molecule has 0 spiro atoms. The average molecular weight is 311 g/mol. The Kier molecular flexibility index (Phi) is 11.1. The molecule has 0 aromatic carbocycles. The summed E-state index contributed by atoms with van der Waals surface area (Å²) in [6.07, 6.45) is 9.75. The second-order valence-electron chi connectivity index (χ2n) is 6.52. The van der Waals surface area contributed by atoms with Crippen LogP contribution < -0.4 is 0 Å². The van der Waals surface area contributed by atoms with Crippen LogP contribution in [0.15, 0.2) is 23.3 Å². The maximum atomic E-state index is 6.67. The van der Waals surface area contributed by atoms with Crippen LogP contribution in [0.5, 0.6) is 0 Å². The summed E-state index contributed by atoms with van der Waals surface area (Å²) in [7, 11) is -1.49. The fraction of sp³-hybridized carbons (Fsp3) is 0.789. The first-order valence-electron chi connectivity index (χ1n) is 8.91. The molecule has 0 saturated heterocycles. The standard InChI is InChI=1S/C19H38OSi/c1-8-13-19(20-21(9-2,10-3)11-4)16-18(7)15-12-14-17(5)6/h14,16,19H,8-13,15H2,1-7H3. The molecule has 0 aliphatic rings. The van der Waals surface area contributed by atoms with E-state index in [2.05, 4.69) is 60.6 Å². The van der Waals surface area contributed by atoms with E-state index in [0.29, 0.717) is 6.10 Å². The average Bonchev–Trinajstić information content (AvgIpc) is 2.44. The first kappa shape index (κ1) is 20.7. The summed E-state index contributed by atoms with van der Waals surface area (Å²) in [5.74, 6) is 0. The molecule has 1 nitrogen and oxygen atoms in total. The van der Waals surface area contributed by atoms with Crippen LogP contribution in [0.4, 0.5) is 0 Å². The lowest BCUT2D eigenvalue weighted by atomic mass is 10.1. The maximum absolute atomic E-state index is 6.67. The lowest BCUT2D eigenvalue weighted by molar-refractivity contribution is 0.220. The fourth-order valence-electron chi connectivity index (χ4n) is 2.77. The van der Waals surface area contributed by atoms with Gasteiger partial charge in [0, 0.05) is 0 Å². The Morgan fingerprint density at radius 2 is 1.57 bits per heavy atom. The summed E-state index contributed by atoms with van der Waals surface area (Å²) < 4.78 is 6.67. The summed E-state index contributed by atoms with van der Waals surface area (Å²) in [6, 6.07) is 3.72. The largest absolute Gasteiger partial charge is 0.411 e. The highest BCUT2D eigenvalue weighted by Crippen LogP contribution is 2.26. The Morgan fingerprint density at radius 3 is 2.00 bits per heavy atom. The van der Waals surface area contributed by atoms with Crippen molar-refractivity contribution in [2.45, 2.75) is 98.4 Å². The molecule has 0 radical (unpaired) electrons. The molecular formula is C19H38OSi. The van der Waals surface area contributed by atoms with Crippen molar-refractivity contribution in [3.8, 4) is 0 Å². The van der Waals surface area contributed by atoms with Crippen molar-refractivity contribution in [3.05, 3.63) is 23.3 Å². The van der Waals surface area contributed by atoms with Gasteiger partial charge in [-0.25, -0.2) is 0 Å². The van der Waals surface area contributed by atoms with Gasteiger partial charge in [-0.2, -0.15) is 0 Å². The van der Waals surface area contributed by atoms with E-state index in [1.165, 1.54) is 35.7 Å². The van der Waals surface area contributed by atoms with Crippen molar-refractivity contribution in [3.63, 3.8) is 0 Å². The van der Waals surface area contributed by atoms with Crippen molar-refractivity contribution in [1.29, 1.82) is 0 Å². The highest BCUT2D eigenvalue weighted by atomic mass is 28.4. The zero-order valence-electron chi connectivity index (χ0n) is 15.6. The summed E-state index contributed by atoms with van der Waals surface area (Å²) in [5, 5.41) is 0. The molecule has 1 unspecified atom stereocenters. The normalized spacial score (nSPS) is 14.1. The van der Waals surface area contributed by atoms with Crippen molar-refractivity contribution in [2.75, 3.05) is 0 Å². The lowest BCUT2D eigenvalue weighted by Crippen LogP contribution is -2.39. The van der Waals surface area contributed by atoms with Gasteiger partial charge in [-0.1, -0.05) is 57.4 Å². The minimum Gasteiger partial charge on any atom is -0.411 e. The summed E-state index contributed by atoms with van der Waals surface area (Å²) in [5.41, 5.74) is 2.90. The molecule has 124 valence electrons. The molecule has 2 heteroatoms. The van der Waals surface area contributed by atoms with Crippen molar-refractivity contribution in [1.82, 2.24) is 0 Å². The molecule has 0 heterocycles. The van der Waals surface area contributed by atoms with E-state index < -0.39 is 8.32 Å². The van der Waals surface area contributed by atoms with E-state index in [1.54, 1.807) is 0 Å². The maximum Gasteiger partial charge on any atom is 0.192 e. The zero-order valence-corrected chi connectivity index (χ0v) is 16.6. The van der Waals surface area contributed by atoms with Gasteiger partial charge in [0.2, 0.25) is 0 Å². The smallest absolute Gasteiger partial charge is 0.192 e. The first-order valence-corrected chi connectivity index (χ1v) is 11.4. The van der Waals surface area contributed by atoms with Crippen LogP contribution in [0, 0.1) is 0 Å². The summed E-state index contributed by atoms with van der Waals surface area (Å²) >= 11 is 0. The van der Waals surface area contributed by atoms with E-state index in [9.17, 15) is 0 Å². The highest BCUT2D eigenvalue weighted by molar-refractivity contribution is 6.73. The van der Waals surface area contributed by atoms with Gasteiger partial charge in [-0.3, -0.25) is 0 Å². The van der Waals surface area contributed by atoms with Gasteiger partial charge in [-0.05, 0) is 58.2 Å². The van der Waals surface area contributed by atoms with Crippen LogP contribution in [-0.4, -0.2) is 14.4 Å². The van der Waals surface area contributed by atoms with Crippen LogP contribution in [0.2, 0.25) is 18.1 Å². The van der Waals surface area contributed by atoms with Gasteiger partial charge >= 0.3 is 0 Å². The second kappa shape index (κ2) is 11.3. The predicted molar refractivity (Wildman–Crippen MR) is 99.4 cm³/mol. The third-order valence-electron chi connectivity index (χ3n) is 4.47. The molecule has 0 aromatic heterocycles. The number of allylic oxidation sites excluding steroid dienone is 3. The molecule has 0 fully saturated rings. The van der Waals surface area contributed by atoms with E-state index in [1.807, 2.05) is 0 Å². The predicted octanol–water partition coefficient (Wildman–Crippen LogP) is 6.87. The van der Waals surface area contributed by atoms with Crippen LogP contribution in [0.1, 0.15) is 74.1 Å². The van der Waals surface area contributed by atoms with Gasteiger partial charge in [-0.15, -0.1) is 0 Å². The van der Waals surface area contributed by atoms with Gasteiger partial charge in [0.25, 0.3) is 0 Å². The Balaban J connectivity index is 4.76. The van der Waals surface area contributed by atoms with Crippen LogP contribution >= 0.6 is 0 Å². The minimum atomic E-state index is -1.49. The molecule has 0 N–H and O–H groups in total. The zero-order chi connectivity index (χ0) is 16.3. The summed E-state index contributed by atoms with van der Waals surface area (Å²) in [4.78, 5) is 0. The van der Waals surface area contributed by atoms with E-state index in [-0.39, 0.29) is 0 Å². The molecular weight excluding hydrogens is 272 g/mol. The third kappa shape index (κ3) is 8.62. The quantitative estimate of drug-likeness (QED) is 0.299. The Hall–Kier alpha value is -0.343. The number of hydrogen-bond donors (Lipinski definition) is 0. The van der Waals surface area contributed by atoms with Crippen LogP contribution in [0.3, 0.4) is 0 Å². The van der Waals surface area contributed by atoms with Crippen molar-refractivity contribution < 1.29 is 4.43 Å². The van der Waals surface area contributed by atoms with Gasteiger partial charge in [0.15, 0.2) is 8.32 Å². The van der Waals surface area contributed by atoms with Gasteiger partial charge < -0.3 is 4.43 Å². The molecule has 0 saturated carbocycles. The Labute approximate surface area is 135 Å². The van der Waals surface area contributed by atoms with Gasteiger partial charge in [0.05, 0.1) is 6.10 Å². The highest BCUT2D eigenvalue weighted by Gasteiger charge is 2.31. The summed E-state index contributed by atoms with van der Waals surface area (Å²) in [6.45, 7) is 15.8. The SMILES string of the molecule is CCCC(C=C(C)CCC=C(C)C)O[Si](CC)(CC)CC. The van der Waals surface area contributed by atoms with Crippen molar-refractivity contribution >= 4 is 8.32 Å². The monoisotopic (exact) mass is 310 g/mol. The van der Waals surface area contributed by atoms with Gasteiger partial charge in [0.1, 0.15) is 0 Å². The van der Waals surface area contributed by atoms with E-state index in [0.717, 1.165) is 19.3 Å². The number of hydrogen-bond acceptors (Lipinski definition) is 1. The molecule has 1 atom stereocenters. The lowest BCUT2D eigenvalue weighted by Gasteiger charge is -2.32. The third-order valence-corrected chi connectivity index (χ3v) is 9.14. The Bertz CT molecular complexity index is 314. The molecule has 0 aliphatic heterocycles. The minimum absolute atomic E-state index is 0.341. The van der Waals surface area contributed by atoms with Crippen LogP contribution in [0.25, 0.3) is 0 Å². The number of rotatable bonds is 11. The molecule has 21 heavy (non-hydrogen) atoms. The Morgan fingerprint density at radius 1 is 1.00 bits per heavy atom. The topological polar surface area (TPSA) is 9.23 Å². The first-order chi connectivity index (χ1) is 9.92.